The molecule has 12 aromatic rings. The van der Waals surface area contributed by atoms with Crippen molar-refractivity contribution < 1.29 is 22.6 Å². The van der Waals surface area contributed by atoms with Crippen LogP contribution in [0.1, 0.15) is 12.8 Å². The Morgan fingerprint density at radius 3 is 1.23 bits per heavy atom. The molecule has 20 nitrogen and oxygen atoms in total. The van der Waals surface area contributed by atoms with Crippen molar-refractivity contribution in [1.29, 1.82) is 0 Å². The Hall–Kier alpha value is -8.29. The first-order valence-electron chi connectivity index (χ1n) is 19.7. The van der Waals surface area contributed by atoms with Gasteiger partial charge in [-0.15, -0.1) is 11.3 Å². The fourth-order valence-corrected chi connectivity index (χ4v) is 4.44. The number of oxazole rings is 1. The Kier molecular flexibility index (Phi) is 47.5. The van der Waals surface area contributed by atoms with Crippen LogP contribution in [0.25, 0.3) is 0 Å². The molecule has 1 fully saturated rings. The minimum absolute atomic E-state index is 1.00. The molecule has 0 amide bonds. The van der Waals surface area contributed by atoms with Crippen LogP contribution >= 0.6 is 45.7 Å². The zero-order valence-electron chi connectivity index (χ0n) is 36.9. The van der Waals surface area contributed by atoms with Crippen LogP contribution in [0.4, 0.5) is 0 Å². The van der Waals surface area contributed by atoms with Crippen LogP contribution in [-0.2, 0) is 4.74 Å². The number of thiazole rings is 1. The SMILES string of the molecule is C1CCOC1.c1ccncc1.c1ccnnc1.c1ccoc1.c1ccsc1.c1cnccn1.c1cncnc1.c1cnoc1.c1cnsc1.c1cocn1.c1cscn1.c1ncon1.c1ncsn1. The molecule has 13 rings (SSSR count). The van der Waals surface area contributed by atoms with Gasteiger partial charge in [-0.2, -0.15) is 25.9 Å². The maximum atomic E-state index is 4.94. The van der Waals surface area contributed by atoms with Crippen LogP contribution in [0.3, 0.4) is 0 Å². The highest BCUT2D eigenvalue weighted by Crippen LogP contribution is 1.98. The summed E-state index contributed by atoms with van der Waals surface area (Å²) in [4.78, 5) is 32.9. The van der Waals surface area contributed by atoms with Gasteiger partial charge in [0.2, 0.25) is 6.39 Å². The van der Waals surface area contributed by atoms with E-state index in [4.69, 9.17) is 4.74 Å². The maximum absolute atomic E-state index is 4.94. The molecular formula is C45H49N15O5S4. The molecule has 1 saturated heterocycles. The van der Waals surface area contributed by atoms with Crippen molar-refractivity contribution >= 4 is 45.7 Å². The van der Waals surface area contributed by atoms with Gasteiger partial charge in [0.05, 0.1) is 30.4 Å². The van der Waals surface area contributed by atoms with Gasteiger partial charge in [-0.1, -0.05) is 28.5 Å². The van der Waals surface area contributed by atoms with E-state index >= 15 is 0 Å². The van der Waals surface area contributed by atoms with Crippen molar-refractivity contribution in [2.75, 3.05) is 13.2 Å². The van der Waals surface area contributed by atoms with Crippen molar-refractivity contribution in [3.63, 3.8) is 0 Å². The number of furan rings is 1. The summed E-state index contributed by atoms with van der Waals surface area (Å²) in [5.74, 6) is 0. The minimum Gasteiger partial charge on any atom is -0.473 e. The van der Waals surface area contributed by atoms with Crippen molar-refractivity contribution in [1.82, 2.24) is 74.1 Å². The highest BCUT2D eigenvalue weighted by Gasteiger charge is 1.94. The lowest BCUT2D eigenvalue weighted by Gasteiger charge is -1.76. The molecule has 358 valence electrons. The zero-order chi connectivity index (χ0) is 48.8. The smallest absolute Gasteiger partial charge is 0.213 e. The summed E-state index contributed by atoms with van der Waals surface area (Å²) in [6, 6.07) is 22.5. The second kappa shape index (κ2) is 55.8. The number of thiophene rings is 1. The summed E-state index contributed by atoms with van der Waals surface area (Å²) in [5, 5.41) is 21.6. The van der Waals surface area contributed by atoms with E-state index < -0.39 is 0 Å². The Labute approximate surface area is 415 Å². The van der Waals surface area contributed by atoms with E-state index in [0.717, 1.165) is 13.2 Å². The van der Waals surface area contributed by atoms with Crippen LogP contribution in [0, 0.1) is 0 Å². The Morgan fingerprint density at radius 2 is 1.04 bits per heavy atom. The van der Waals surface area contributed by atoms with Crippen molar-refractivity contribution in [2.24, 2.45) is 0 Å². The fraction of sp³-hybridized carbons (Fsp3) is 0.0889. The van der Waals surface area contributed by atoms with Crippen LogP contribution in [0.15, 0.2) is 267 Å². The Balaban J connectivity index is 0.000000374. The number of nitrogens with zero attached hydrogens (tertiary/aromatic N) is 15. The number of hydrogen-bond donors (Lipinski definition) is 0. The van der Waals surface area contributed by atoms with Crippen LogP contribution < -0.4 is 0 Å². The van der Waals surface area contributed by atoms with E-state index in [0.29, 0.717) is 0 Å². The molecule has 0 spiro atoms. The normalized spacial score (nSPS) is 9.16. The molecule has 1 aliphatic heterocycles. The monoisotopic (exact) mass is 1010 g/mol. The summed E-state index contributed by atoms with van der Waals surface area (Å²) >= 11 is 6.13. The molecule has 1 aliphatic rings. The molecule has 0 bridgehead atoms. The Bertz CT molecular complexity index is 1670. The number of pyridine rings is 1. The highest BCUT2D eigenvalue weighted by molar-refractivity contribution is 7.07. The van der Waals surface area contributed by atoms with Gasteiger partial charge in [0.1, 0.15) is 30.7 Å². The van der Waals surface area contributed by atoms with E-state index in [1.54, 1.807) is 145 Å². The van der Waals surface area contributed by atoms with Gasteiger partial charge in [0, 0.05) is 98.3 Å². The van der Waals surface area contributed by atoms with Gasteiger partial charge >= 0.3 is 0 Å². The average molecular weight is 1010 g/mol. The molecule has 0 atom stereocenters. The fourth-order valence-electron chi connectivity index (χ4n) is 3.01. The zero-order valence-corrected chi connectivity index (χ0v) is 40.1. The summed E-state index contributed by atoms with van der Waals surface area (Å²) in [5.41, 5.74) is 3.47. The third-order valence-electron chi connectivity index (χ3n) is 5.64. The van der Waals surface area contributed by atoms with Crippen molar-refractivity contribution in [2.45, 2.75) is 12.8 Å². The molecular weight excluding hydrogens is 959 g/mol. The second-order valence-corrected chi connectivity index (χ2v) is 13.4. The van der Waals surface area contributed by atoms with E-state index in [9.17, 15) is 0 Å². The molecule has 0 saturated carbocycles. The largest absolute Gasteiger partial charge is 0.473 e. The van der Waals surface area contributed by atoms with Crippen LogP contribution in [0.5, 0.6) is 0 Å². The van der Waals surface area contributed by atoms with Gasteiger partial charge in [0.15, 0.2) is 12.7 Å². The molecule has 0 aliphatic carbocycles. The first-order valence-corrected chi connectivity index (χ1v) is 23.3. The van der Waals surface area contributed by atoms with Crippen molar-refractivity contribution in [3.8, 4) is 0 Å². The number of rotatable bonds is 0. The summed E-state index contributed by atoms with van der Waals surface area (Å²) in [6.45, 7) is 2.00. The predicted octanol–water partition coefficient (Wildman–Crippen LogP) is 10.6. The third-order valence-corrected chi connectivity index (χ3v) is 7.74. The lowest BCUT2D eigenvalue weighted by molar-refractivity contribution is 0.198. The van der Waals surface area contributed by atoms with Gasteiger partial charge in [0.25, 0.3) is 0 Å². The molecule has 0 radical (unpaired) electrons. The predicted molar refractivity (Wildman–Crippen MR) is 265 cm³/mol. The van der Waals surface area contributed by atoms with Crippen molar-refractivity contribution in [3.05, 3.63) is 249 Å². The van der Waals surface area contributed by atoms with Crippen LogP contribution in [-0.4, -0.2) is 87.3 Å². The molecule has 24 heteroatoms. The maximum Gasteiger partial charge on any atom is 0.213 e. The molecule has 12 aromatic heterocycles. The molecule has 0 aromatic carbocycles. The Morgan fingerprint density at radius 1 is 0.333 bits per heavy atom. The van der Waals surface area contributed by atoms with E-state index in [-0.39, 0.29) is 0 Å². The second-order valence-electron chi connectivity index (χ2n) is 10.5. The van der Waals surface area contributed by atoms with E-state index in [1.165, 1.54) is 80.2 Å². The van der Waals surface area contributed by atoms with E-state index in [1.807, 2.05) is 82.2 Å². The number of ether oxygens (including phenoxy) is 1. The first kappa shape index (κ1) is 58.7. The van der Waals surface area contributed by atoms with Gasteiger partial charge in [-0.05, 0) is 101 Å². The molecule has 13 heterocycles. The topological polar surface area (TPSA) is 255 Å². The van der Waals surface area contributed by atoms with E-state index in [2.05, 4.69) is 92.0 Å². The lowest BCUT2D eigenvalue weighted by atomic mass is 10.4. The van der Waals surface area contributed by atoms with Gasteiger partial charge in [-0.25, -0.2) is 29.3 Å². The summed E-state index contributed by atoms with van der Waals surface area (Å²) in [6.07, 6.45) is 39.2. The molecule has 69 heavy (non-hydrogen) atoms. The molecule has 0 unspecified atom stereocenters. The molecule has 0 N–H and O–H groups in total. The number of hydrogen-bond acceptors (Lipinski definition) is 24. The van der Waals surface area contributed by atoms with Crippen LogP contribution in [0.2, 0.25) is 0 Å². The minimum atomic E-state index is 1.00. The lowest BCUT2D eigenvalue weighted by Crippen LogP contribution is -1.74. The summed E-state index contributed by atoms with van der Waals surface area (Å²) < 4.78 is 30.0. The average Bonchev–Trinajstić information content (AvgIpc) is 4.31. The van der Waals surface area contributed by atoms with Gasteiger partial charge in [-0.3, -0.25) is 19.9 Å². The highest BCUT2D eigenvalue weighted by atomic mass is 32.1. The first-order chi connectivity index (χ1) is 34.5. The third kappa shape index (κ3) is 54.0. The summed E-state index contributed by atoms with van der Waals surface area (Å²) in [7, 11) is 0. The number of aromatic nitrogens is 15. The van der Waals surface area contributed by atoms with Gasteiger partial charge < -0.3 is 22.6 Å². The quantitative estimate of drug-likeness (QED) is 0.137. The standard InChI is InChI=1S/C5H5N.3C4H4N2.C4H8O.C4H4O.C4H4S.2C3H3NO.2C3H3NS.C2H2N2O.C2H2N2S/c1-2-4-6-5-3-1;1-2-6-4-3-5-1;1-2-5-4-6-3-1;1-2-4-6-5-3-1;3*1-2-4-5-3-1;1-2-5-3-4-1;1-2-4-5-3-1;1-2-5-3-4-1;1-2-4-5-3-1;2*1-3-2-5-4-1/h1-5H;3*1-4H;1-4H2;2*1-4H;4*1-3H;2*1-2H.